The first-order valence-corrected chi connectivity index (χ1v) is 7.38. The first-order chi connectivity index (χ1) is 9.72. The summed E-state index contributed by atoms with van der Waals surface area (Å²) in [5, 5.41) is 3.37. The van der Waals surface area contributed by atoms with E-state index in [0.29, 0.717) is 5.96 Å². The predicted molar refractivity (Wildman–Crippen MR) is 83.7 cm³/mol. The zero-order valence-corrected chi connectivity index (χ0v) is 11.8. The van der Waals surface area contributed by atoms with Crippen LogP contribution in [0.15, 0.2) is 46.4 Å². The van der Waals surface area contributed by atoms with Crippen LogP contribution in [-0.2, 0) is 0 Å². The average molecular weight is 282 g/mol. The van der Waals surface area contributed by atoms with Gasteiger partial charge >= 0.3 is 0 Å². The lowest BCUT2D eigenvalue weighted by molar-refractivity contribution is 0.685. The van der Waals surface area contributed by atoms with E-state index < -0.39 is 0 Å². The van der Waals surface area contributed by atoms with Gasteiger partial charge in [-0.25, -0.2) is 4.99 Å². The zero-order chi connectivity index (χ0) is 13.7. The number of amidine groups is 1. The van der Waals surface area contributed by atoms with E-state index in [4.69, 9.17) is 5.73 Å². The Labute approximate surface area is 121 Å². The van der Waals surface area contributed by atoms with Gasteiger partial charge in [0.2, 0.25) is 5.96 Å². The topological polar surface area (TPSA) is 62.8 Å². The fourth-order valence-corrected chi connectivity index (χ4v) is 3.83. The highest BCUT2D eigenvalue weighted by Crippen LogP contribution is 2.46. The second kappa shape index (κ2) is 4.18. The molecule has 0 spiro atoms. The Balaban J connectivity index is 1.85. The molecule has 2 aliphatic rings. The van der Waals surface area contributed by atoms with Crippen molar-refractivity contribution in [2.24, 2.45) is 15.7 Å². The number of nitrogens with two attached hydrogens (primary N) is 1. The molecule has 0 saturated carbocycles. The molecule has 0 amide bonds. The summed E-state index contributed by atoms with van der Waals surface area (Å²) in [6.07, 6.45) is 0. The van der Waals surface area contributed by atoms with E-state index in [1.165, 1.54) is 15.3 Å². The Hall–Kier alpha value is -2.14. The van der Waals surface area contributed by atoms with E-state index >= 15 is 0 Å². The Kier molecular flexibility index (Phi) is 2.44. The second-order valence-corrected chi connectivity index (χ2v) is 6.39. The van der Waals surface area contributed by atoms with Crippen LogP contribution in [0.4, 0.5) is 5.69 Å². The third kappa shape index (κ3) is 1.67. The minimum Gasteiger partial charge on any atom is -0.368 e. The molecule has 2 atom stereocenters. The van der Waals surface area contributed by atoms with Gasteiger partial charge in [0.15, 0.2) is 0 Å². The first-order valence-electron chi connectivity index (χ1n) is 6.56. The maximum Gasteiger partial charge on any atom is 0.217 e. The predicted octanol–water partition coefficient (Wildman–Crippen LogP) is 3.03. The molecule has 0 fully saturated rings. The van der Waals surface area contributed by atoms with Crippen molar-refractivity contribution in [3.8, 4) is 0 Å². The lowest BCUT2D eigenvalue weighted by Gasteiger charge is -2.23. The van der Waals surface area contributed by atoms with Crippen LogP contribution in [0.2, 0.25) is 0 Å². The number of hydrogen-bond donors (Lipinski definition) is 2. The number of aliphatic imine (C=N–C) groups is 2. The molecule has 0 saturated heterocycles. The van der Waals surface area contributed by atoms with Crippen molar-refractivity contribution in [1.29, 1.82) is 0 Å². The minimum absolute atomic E-state index is 0.0253. The molecular weight excluding hydrogens is 268 g/mol. The highest BCUT2D eigenvalue weighted by atomic mass is 32.1. The minimum atomic E-state index is 0.0253. The smallest absolute Gasteiger partial charge is 0.217 e. The van der Waals surface area contributed by atoms with E-state index in [1.807, 2.05) is 6.07 Å². The fraction of sp³-hybridized carbons (Fsp3) is 0.200. The summed E-state index contributed by atoms with van der Waals surface area (Å²) in [6, 6.07) is 12.6. The monoisotopic (exact) mass is 282 g/mol. The van der Waals surface area contributed by atoms with E-state index in [0.717, 1.165) is 11.5 Å². The number of guanidine groups is 1. The van der Waals surface area contributed by atoms with Crippen molar-refractivity contribution >= 4 is 28.8 Å². The van der Waals surface area contributed by atoms with Crippen molar-refractivity contribution in [3.63, 3.8) is 0 Å². The molecule has 3 N–H and O–H groups in total. The van der Waals surface area contributed by atoms with Crippen LogP contribution in [0.1, 0.15) is 27.3 Å². The van der Waals surface area contributed by atoms with E-state index in [9.17, 15) is 0 Å². The van der Waals surface area contributed by atoms with E-state index in [1.54, 1.807) is 11.3 Å². The number of thiophene rings is 1. The molecule has 0 bridgehead atoms. The number of hydrogen-bond acceptors (Lipinski definition) is 5. The van der Waals surface area contributed by atoms with Crippen LogP contribution in [0.25, 0.3) is 0 Å². The molecule has 0 aliphatic carbocycles. The van der Waals surface area contributed by atoms with Crippen molar-refractivity contribution < 1.29 is 0 Å². The summed E-state index contributed by atoms with van der Waals surface area (Å²) in [6.45, 7) is 2.11. The lowest BCUT2D eigenvalue weighted by Crippen LogP contribution is -2.28. The highest BCUT2D eigenvalue weighted by Gasteiger charge is 2.39. The van der Waals surface area contributed by atoms with Gasteiger partial charge in [0.05, 0.1) is 5.92 Å². The fourth-order valence-electron chi connectivity index (χ4n) is 2.87. The highest BCUT2D eigenvalue weighted by molar-refractivity contribution is 7.12. The molecule has 0 radical (unpaired) electrons. The van der Waals surface area contributed by atoms with Gasteiger partial charge in [0.1, 0.15) is 11.9 Å². The van der Waals surface area contributed by atoms with Gasteiger partial charge in [0, 0.05) is 15.4 Å². The maximum atomic E-state index is 5.89. The molecule has 0 unspecified atom stereocenters. The molecule has 100 valence electrons. The van der Waals surface area contributed by atoms with Gasteiger partial charge in [-0.05, 0) is 30.7 Å². The second-order valence-electron chi connectivity index (χ2n) is 5.07. The molecule has 3 heterocycles. The van der Waals surface area contributed by atoms with Crippen LogP contribution in [0.5, 0.6) is 0 Å². The van der Waals surface area contributed by atoms with Crippen molar-refractivity contribution in [1.82, 2.24) is 0 Å². The van der Waals surface area contributed by atoms with Crippen LogP contribution in [0.3, 0.4) is 0 Å². The summed E-state index contributed by atoms with van der Waals surface area (Å²) in [5.74, 6) is 1.42. The van der Waals surface area contributed by atoms with Crippen molar-refractivity contribution in [2.45, 2.75) is 18.9 Å². The van der Waals surface area contributed by atoms with Gasteiger partial charge in [0.25, 0.3) is 0 Å². The van der Waals surface area contributed by atoms with Gasteiger partial charge in [-0.3, -0.25) is 0 Å². The summed E-state index contributed by atoms with van der Waals surface area (Å²) in [7, 11) is 0. The normalized spacial score (nSPS) is 23.4. The Morgan fingerprint density at radius 2 is 2.05 bits per heavy atom. The number of nitrogens with zero attached hydrogens (tertiary/aromatic N) is 2. The third-order valence-electron chi connectivity index (χ3n) is 3.73. The summed E-state index contributed by atoms with van der Waals surface area (Å²) in [5.41, 5.74) is 8.25. The number of benzene rings is 1. The van der Waals surface area contributed by atoms with Gasteiger partial charge < -0.3 is 11.1 Å². The van der Waals surface area contributed by atoms with Crippen LogP contribution in [-0.4, -0.2) is 11.8 Å². The molecule has 5 heteroatoms. The van der Waals surface area contributed by atoms with Crippen LogP contribution < -0.4 is 11.1 Å². The maximum absolute atomic E-state index is 5.89. The average Bonchev–Trinajstić information content (AvgIpc) is 3.00. The molecule has 1 aromatic heterocycles. The largest absolute Gasteiger partial charge is 0.368 e. The van der Waals surface area contributed by atoms with Crippen LogP contribution >= 0.6 is 11.3 Å². The molecule has 2 aliphatic heterocycles. The van der Waals surface area contributed by atoms with E-state index in [-0.39, 0.29) is 12.0 Å². The third-order valence-corrected chi connectivity index (χ3v) is 4.80. The molecule has 4 nitrogen and oxygen atoms in total. The van der Waals surface area contributed by atoms with E-state index in [2.05, 4.69) is 52.6 Å². The molecular formula is C15H14N4S. The zero-order valence-electron chi connectivity index (χ0n) is 11.0. The molecule has 1 aromatic carbocycles. The standard InChI is InChI=1S/C15H14N4S/c1-8-6-7-11(20-8)13-12-9-4-2-3-5-10(9)17-14(12)19-15(16)18-13/h2-7,12-13H,1H3,(H3,16,17,18,19)/t12-,13-/m0/s1. The molecule has 4 rings (SSSR count). The Morgan fingerprint density at radius 1 is 1.20 bits per heavy atom. The SMILES string of the molecule is Cc1ccc([C@@H]2N=C(N)N=C3Nc4ccccc4[C@H]32)s1. The number of nitrogens with one attached hydrogen (secondary N) is 1. The molecule has 20 heavy (non-hydrogen) atoms. The number of fused-ring (bicyclic) bond motifs is 3. The summed E-state index contributed by atoms with van der Waals surface area (Å²) >= 11 is 1.77. The van der Waals surface area contributed by atoms with Gasteiger partial charge in [-0.1, -0.05) is 18.2 Å². The van der Waals surface area contributed by atoms with Crippen LogP contribution in [0, 0.1) is 6.92 Å². The summed E-state index contributed by atoms with van der Waals surface area (Å²) in [4.78, 5) is 11.5. The first kappa shape index (κ1) is 11.7. The Bertz CT molecular complexity index is 744. The number of rotatable bonds is 1. The van der Waals surface area contributed by atoms with Gasteiger partial charge in [-0.15, -0.1) is 11.3 Å². The molecule has 2 aromatic rings. The number of anilines is 1. The summed E-state index contributed by atoms with van der Waals surface area (Å²) < 4.78 is 0. The van der Waals surface area contributed by atoms with Crippen molar-refractivity contribution in [3.05, 3.63) is 51.7 Å². The quantitative estimate of drug-likeness (QED) is 0.844. The lowest BCUT2D eigenvalue weighted by atomic mass is 9.91. The number of aryl methyl sites for hydroxylation is 1. The number of para-hydroxylation sites is 1. The van der Waals surface area contributed by atoms with Gasteiger partial charge in [-0.2, -0.15) is 4.99 Å². The Morgan fingerprint density at radius 3 is 2.85 bits per heavy atom. The van der Waals surface area contributed by atoms with Crippen molar-refractivity contribution in [2.75, 3.05) is 5.32 Å².